The second kappa shape index (κ2) is 6.88. The van der Waals surface area contributed by atoms with Crippen LogP contribution in [0.4, 0.5) is 0 Å². The second-order valence-electron chi connectivity index (χ2n) is 5.89. The quantitative estimate of drug-likeness (QED) is 0.925. The number of nitrogens with zero attached hydrogens (tertiary/aromatic N) is 1. The number of benzene rings is 2. The van der Waals surface area contributed by atoms with Crippen LogP contribution in [0.15, 0.2) is 54.6 Å². The summed E-state index contributed by atoms with van der Waals surface area (Å²) in [6.45, 7) is 6.69. The van der Waals surface area contributed by atoms with Crippen molar-refractivity contribution in [3.05, 3.63) is 71.3 Å². The number of piperazine rings is 1. The molecule has 0 bridgehead atoms. The van der Waals surface area contributed by atoms with E-state index in [9.17, 15) is 0 Å². The Hall–Kier alpha value is -1.64. The van der Waals surface area contributed by atoms with E-state index in [-0.39, 0.29) is 0 Å². The summed E-state index contributed by atoms with van der Waals surface area (Å²) in [6, 6.07) is 20.0. The van der Waals surface area contributed by atoms with Crippen LogP contribution in [0.3, 0.4) is 0 Å². The molecule has 0 saturated carbocycles. The normalized spacial score (nSPS) is 19.6. The third-order valence-electron chi connectivity index (χ3n) is 4.42. The maximum atomic E-state index is 3.63. The lowest BCUT2D eigenvalue weighted by Gasteiger charge is -2.34. The SMILES string of the molecule is Cc1ccccc1CCN1CCNC(c2ccccc2)C1. The largest absolute Gasteiger partial charge is 0.308 e. The molecule has 0 aliphatic carbocycles. The predicted molar refractivity (Wildman–Crippen MR) is 88.5 cm³/mol. The van der Waals surface area contributed by atoms with Crippen molar-refractivity contribution in [1.82, 2.24) is 10.2 Å². The Bertz CT molecular complexity index is 565. The van der Waals surface area contributed by atoms with E-state index in [4.69, 9.17) is 0 Å². The zero-order valence-electron chi connectivity index (χ0n) is 12.8. The zero-order chi connectivity index (χ0) is 14.5. The molecule has 2 aromatic carbocycles. The van der Waals surface area contributed by atoms with Gasteiger partial charge in [0.2, 0.25) is 0 Å². The predicted octanol–water partition coefficient (Wildman–Crippen LogP) is 3.18. The number of rotatable bonds is 4. The molecule has 2 nitrogen and oxygen atoms in total. The van der Waals surface area contributed by atoms with Crippen molar-refractivity contribution >= 4 is 0 Å². The average Bonchev–Trinajstić information content (AvgIpc) is 2.55. The molecule has 1 saturated heterocycles. The first kappa shape index (κ1) is 14.3. The summed E-state index contributed by atoms with van der Waals surface area (Å²) in [6.07, 6.45) is 1.15. The first-order valence-electron chi connectivity index (χ1n) is 7.88. The molecule has 0 amide bonds. The van der Waals surface area contributed by atoms with E-state index in [1.54, 1.807) is 0 Å². The third-order valence-corrected chi connectivity index (χ3v) is 4.42. The molecular weight excluding hydrogens is 256 g/mol. The van der Waals surface area contributed by atoms with Crippen LogP contribution in [-0.4, -0.2) is 31.1 Å². The molecule has 0 radical (unpaired) electrons. The van der Waals surface area contributed by atoms with Gasteiger partial charge in [-0.1, -0.05) is 54.6 Å². The molecule has 21 heavy (non-hydrogen) atoms. The summed E-state index contributed by atoms with van der Waals surface area (Å²) >= 11 is 0. The van der Waals surface area contributed by atoms with Gasteiger partial charge >= 0.3 is 0 Å². The zero-order valence-corrected chi connectivity index (χ0v) is 12.8. The third kappa shape index (κ3) is 3.72. The van der Waals surface area contributed by atoms with Gasteiger partial charge in [-0.15, -0.1) is 0 Å². The van der Waals surface area contributed by atoms with Crippen LogP contribution >= 0.6 is 0 Å². The van der Waals surface area contributed by atoms with Crippen LogP contribution in [0.5, 0.6) is 0 Å². The van der Waals surface area contributed by atoms with E-state index in [0.29, 0.717) is 6.04 Å². The summed E-state index contributed by atoms with van der Waals surface area (Å²) in [4.78, 5) is 2.58. The highest BCUT2D eigenvalue weighted by atomic mass is 15.2. The van der Waals surface area contributed by atoms with Crippen LogP contribution in [0.2, 0.25) is 0 Å². The smallest absolute Gasteiger partial charge is 0.0449 e. The van der Waals surface area contributed by atoms with Crippen molar-refractivity contribution in [2.45, 2.75) is 19.4 Å². The first-order chi connectivity index (χ1) is 10.3. The van der Waals surface area contributed by atoms with Gasteiger partial charge < -0.3 is 5.32 Å². The maximum Gasteiger partial charge on any atom is 0.0449 e. The minimum atomic E-state index is 0.469. The highest BCUT2D eigenvalue weighted by Gasteiger charge is 2.20. The maximum absolute atomic E-state index is 3.63. The van der Waals surface area contributed by atoms with Crippen molar-refractivity contribution in [3.8, 4) is 0 Å². The van der Waals surface area contributed by atoms with Crippen molar-refractivity contribution < 1.29 is 0 Å². The average molecular weight is 280 g/mol. The Morgan fingerprint density at radius 2 is 1.81 bits per heavy atom. The molecule has 1 aliphatic heterocycles. The minimum Gasteiger partial charge on any atom is -0.308 e. The molecule has 1 N–H and O–H groups in total. The van der Waals surface area contributed by atoms with Gasteiger partial charge in [0, 0.05) is 32.2 Å². The van der Waals surface area contributed by atoms with Crippen molar-refractivity contribution in [1.29, 1.82) is 0 Å². The topological polar surface area (TPSA) is 15.3 Å². The Morgan fingerprint density at radius 1 is 1.05 bits per heavy atom. The Morgan fingerprint density at radius 3 is 2.62 bits per heavy atom. The van der Waals surface area contributed by atoms with E-state index in [0.717, 1.165) is 32.6 Å². The molecule has 1 aliphatic rings. The van der Waals surface area contributed by atoms with Gasteiger partial charge in [0.05, 0.1) is 0 Å². The summed E-state index contributed by atoms with van der Waals surface area (Å²) in [5, 5.41) is 3.63. The van der Waals surface area contributed by atoms with Gasteiger partial charge in [0.1, 0.15) is 0 Å². The lowest BCUT2D eigenvalue weighted by Crippen LogP contribution is -2.46. The fraction of sp³-hybridized carbons (Fsp3) is 0.368. The van der Waals surface area contributed by atoms with E-state index in [1.807, 2.05) is 0 Å². The molecule has 1 atom stereocenters. The van der Waals surface area contributed by atoms with Crippen LogP contribution in [-0.2, 0) is 6.42 Å². The Kier molecular flexibility index (Phi) is 4.69. The van der Waals surface area contributed by atoms with Crippen LogP contribution < -0.4 is 5.32 Å². The lowest BCUT2D eigenvalue weighted by atomic mass is 10.0. The number of aryl methyl sites for hydroxylation is 1. The number of hydrogen-bond donors (Lipinski definition) is 1. The highest BCUT2D eigenvalue weighted by Crippen LogP contribution is 2.17. The van der Waals surface area contributed by atoms with Crippen molar-refractivity contribution in [3.63, 3.8) is 0 Å². The first-order valence-corrected chi connectivity index (χ1v) is 7.88. The molecule has 3 rings (SSSR count). The summed E-state index contributed by atoms with van der Waals surface area (Å²) in [5.41, 5.74) is 4.29. The van der Waals surface area contributed by atoms with Crippen molar-refractivity contribution in [2.75, 3.05) is 26.2 Å². The molecule has 1 fully saturated rings. The molecule has 1 unspecified atom stereocenters. The summed E-state index contributed by atoms with van der Waals surface area (Å²) in [5.74, 6) is 0. The Labute approximate surface area is 127 Å². The van der Waals surface area contributed by atoms with Crippen molar-refractivity contribution in [2.24, 2.45) is 0 Å². The number of hydrogen-bond acceptors (Lipinski definition) is 2. The molecule has 1 heterocycles. The lowest BCUT2D eigenvalue weighted by molar-refractivity contribution is 0.203. The molecule has 2 aromatic rings. The molecule has 110 valence electrons. The molecule has 0 aromatic heterocycles. The van der Waals surface area contributed by atoms with Crippen LogP contribution in [0, 0.1) is 6.92 Å². The minimum absolute atomic E-state index is 0.469. The molecule has 2 heteroatoms. The van der Waals surface area contributed by atoms with E-state index in [2.05, 4.69) is 71.7 Å². The van der Waals surface area contributed by atoms with Gasteiger partial charge in [-0.05, 0) is 30.0 Å². The van der Waals surface area contributed by atoms with Gasteiger partial charge in [-0.3, -0.25) is 4.90 Å². The van der Waals surface area contributed by atoms with E-state index < -0.39 is 0 Å². The van der Waals surface area contributed by atoms with Gasteiger partial charge in [0.25, 0.3) is 0 Å². The molecular formula is C19H24N2. The molecule has 0 spiro atoms. The standard InChI is InChI=1S/C19H24N2/c1-16-7-5-6-8-17(16)11-13-21-14-12-20-19(15-21)18-9-3-2-4-10-18/h2-10,19-20H,11-15H2,1H3. The van der Waals surface area contributed by atoms with E-state index in [1.165, 1.54) is 16.7 Å². The van der Waals surface area contributed by atoms with Gasteiger partial charge in [0.15, 0.2) is 0 Å². The second-order valence-corrected chi connectivity index (χ2v) is 5.89. The summed E-state index contributed by atoms with van der Waals surface area (Å²) in [7, 11) is 0. The monoisotopic (exact) mass is 280 g/mol. The van der Waals surface area contributed by atoms with Gasteiger partial charge in [-0.2, -0.15) is 0 Å². The number of nitrogens with one attached hydrogen (secondary N) is 1. The highest BCUT2D eigenvalue weighted by molar-refractivity contribution is 5.26. The van der Waals surface area contributed by atoms with E-state index >= 15 is 0 Å². The fourth-order valence-corrected chi connectivity index (χ4v) is 3.09. The fourth-order valence-electron chi connectivity index (χ4n) is 3.09. The van der Waals surface area contributed by atoms with Gasteiger partial charge in [-0.25, -0.2) is 0 Å². The van der Waals surface area contributed by atoms with Crippen LogP contribution in [0.1, 0.15) is 22.7 Å². The summed E-state index contributed by atoms with van der Waals surface area (Å²) < 4.78 is 0. The van der Waals surface area contributed by atoms with Crippen LogP contribution in [0.25, 0.3) is 0 Å². The Balaban J connectivity index is 1.58.